The lowest BCUT2D eigenvalue weighted by Crippen LogP contribution is -2.30. The van der Waals surface area contributed by atoms with E-state index in [-0.39, 0.29) is 18.0 Å². The standard InChI is InChI=1S/C24H44O2/c1-3-5-7-9-11-20-12-16-22(17-13-20)24(25)26-23-18-14-21(15-19-23)10-8-6-4-2/h20-23H,3-19H2,1-2H3. The van der Waals surface area contributed by atoms with Gasteiger partial charge in [-0.25, -0.2) is 0 Å². The van der Waals surface area contributed by atoms with Gasteiger partial charge in [0, 0.05) is 0 Å². The van der Waals surface area contributed by atoms with Crippen molar-refractivity contribution in [3.8, 4) is 0 Å². The first-order valence-corrected chi connectivity index (χ1v) is 11.9. The minimum atomic E-state index is 0.129. The van der Waals surface area contributed by atoms with Gasteiger partial charge in [-0.2, -0.15) is 0 Å². The van der Waals surface area contributed by atoms with Crippen LogP contribution in [0.2, 0.25) is 0 Å². The van der Waals surface area contributed by atoms with E-state index < -0.39 is 0 Å². The molecular weight excluding hydrogens is 320 g/mol. The average Bonchev–Trinajstić information content (AvgIpc) is 2.67. The predicted octanol–water partition coefficient (Wildman–Crippen LogP) is 7.45. The van der Waals surface area contributed by atoms with Crippen LogP contribution in [0.25, 0.3) is 0 Å². The summed E-state index contributed by atoms with van der Waals surface area (Å²) in [6.45, 7) is 4.55. The molecule has 26 heavy (non-hydrogen) atoms. The Kier molecular flexibility index (Phi) is 10.7. The van der Waals surface area contributed by atoms with E-state index in [4.69, 9.17) is 4.74 Å². The zero-order valence-electron chi connectivity index (χ0n) is 17.6. The minimum absolute atomic E-state index is 0.129. The molecule has 0 saturated heterocycles. The lowest BCUT2D eigenvalue weighted by molar-refractivity contribution is -0.157. The maximum absolute atomic E-state index is 12.5. The Morgan fingerprint density at radius 3 is 1.77 bits per heavy atom. The van der Waals surface area contributed by atoms with Crippen LogP contribution in [-0.2, 0) is 9.53 Å². The molecule has 0 amide bonds. The monoisotopic (exact) mass is 364 g/mol. The van der Waals surface area contributed by atoms with Crippen LogP contribution in [0.1, 0.15) is 123 Å². The molecule has 2 saturated carbocycles. The van der Waals surface area contributed by atoms with Gasteiger partial charge in [-0.3, -0.25) is 4.79 Å². The molecule has 2 aliphatic rings. The van der Waals surface area contributed by atoms with Gasteiger partial charge in [-0.1, -0.05) is 71.6 Å². The van der Waals surface area contributed by atoms with Crippen molar-refractivity contribution in [2.75, 3.05) is 0 Å². The maximum atomic E-state index is 12.5. The third-order valence-corrected chi connectivity index (χ3v) is 6.94. The first-order valence-electron chi connectivity index (χ1n) is 11.9. The molecule has 0 atom stereocenters. The summed E-state index contributed by atoms with van der Waals surface area (Å²) in [5.41, 5.74) is 0. The highest BCUT2D eigenvalue weighted by Gasteiger charge is 2.30. The number of carbonyl (C=O) groups is 1. The zero-order chi connectivity index (χ0) is 18.6. The van der Waals surface area contributed by atoms with Gasteiger partial charge >= 0.3 is 5.97 Å². The van der Waals surface area contributed by atoms with Crippen molar-refractivity contribution in [2.45, 2.75) is 129 Å². The Bertz CT molecular complexity index is 362. The minimum Gasteiger partial charge on any atom is -0.462 e. The number of esters is 1. The van der Waals surface area contributed by atoms with Crippen LogP contribution >= 0.6 is 0 Å². The zero-order valence-corrected chi connectivity index (χ0v) is 17.6. The fourth-order valence-corrected chi connectivity index (χ4v) is 5.03. The van der Waals surface area contributed by atoms with E-state index in [2.05, 4.69) is 13.8 Å². The van der Waals surface area contributed by atoms with Crippen LogP contribution in [0.4, 0.5) is 0 Å². The summed E-state index contributed by atoms with van der Waals surface area (Å²) in [6.07, 6.45) is 21.9. The molecular formula is C24H44O2. The largest absolute Gasteiger partial charge is 0.462 e. The first kappa shape index (κ1) is 21.8. The Morgan fingerprint density at radius 2 is 1.19 bits per heavy atom. The second-order valence-corrected chi connectivity index (χ2v) is 9.14. The number of hydrogen-bond acceptors (Lipinski definition) is 2. The van der Waals surface area contributed by atoms with Crippen LogP contribution in [-0.4, -0.2) is 12.1 Å². The van der Waals surface area contributed by atoms with E-state index in [1.807, 2.05) is 0 Å². The Morgan fingerprint density at radius 1 is 0.692 bits per heavy atom. The molecule has 0 bridgehead atoms. The van der Waals surface area contributed by atoms with Crippen molar-refractivity contribution >= 4 is 5.97 Å². The van der Waals surface area contributed by atoms with E-state index in [1.165, 1.54) is 83.5 Å². The van der Waals surface area contributed by atoms with E-state index in [0.29, 0.717) is 0 Å². The summed E-state index contributed by atoms with van der Waals surface area (Å²) in [5, 5.41) is 0. The van der Waals surface area contributed by atoms with E-state index in [9.17, 15) is 4.79 Å². The molecule has 0 aliphatic heterocycles. The highest BCUT2D eigenvalue weighted by atomic mass is 16.5. The van der Waals surface area contributed by atoms with Crippen molar-refractivity contribution in [1.82, 2.24) is 0 Å². The fraction of sp³-hybridized carbons (Fsp3) is 0.958. The molecule has 0 heterocycles. The summed E-state index contributed by atoms with van der Waals surface area (Å²) >= 11 is 0. The van der Waals surface area contributed by atoms with E-state index >= 15 is 0 Å². The third-order valence-electron chi connectivity index (χ3n) is 6.94. The number of hydrogen-bond donors (Lipinski definition) is 0. The van der Waals surface area contributed by atoms with Crippen molar-refractivity contribution in [3.05, 3.63) is 0 Å². The van der Waals surface area contributed by atoms with Crippen molar-refractivity contribution in [1.29, 1.82) is 0 Å². The lowest BCUT2D eigenvalue weighted by Gasteiger charge is -2.31. The normalized spacial score (nSPS) is 29.5. The lowest BCUT2D eigenvalue weighted by atomic mass is 9.79. The topological polar surface area (TPSA) is 26.3 Å². The number of unbranched alkanes of at least 4 members (excludes halogenated alkanes) is 5. The quantitative estimate of drug-likeness (QED) is 0.281. The second kappa shape index (κ2) is 12.8. The smallest absolute Gasteiger partial charge is 0.309 e. The highest BCUT2D eigenvalue weighted by molar-refractivity contribution is 5.72. The molecule has 0 aromatic carbocycles. The second-order valence-electron chi connectivity index (χ2n) is 9.14. The van der Waals surface area contributed by atoms with Gasteiger partial charge < -0.3 is 4.74 Å². The van der Waals surface area contributed by atoms with Crippen molar-refractivity contribution < 1.29 is 9.53 Å². The molecule has 0 radical (unpaired) electrons. The Balaban J connectivity index is 1.56. The van der Waals surface area contributed by atoms with Crippen LogP contribution < -0.4 is 0 Å². The fourth-order valence-electron chi connectivity index (χ4n) is 5.03. The third kappa shape index (κ3) is 8.01. The van der Waals surface area contributed by atoms with Gasteiger partial charge in [-0.15, -0.1) is 0 Å². The molecule has 2 fully saturated rings. The van der Waals surface area contributed by atoms with Crippen LogP contribution in [0.3, 0.4) is 0 Å². The Labute approximate surface area is 162 Å². The molecule has 0 N–H and O–H groups in total. The first-order chi connectivity index (χ1) is 12.7. The number of rotatable bonds is 11. The van der Waals surface area contributed by atoms with Crippen LogP contribution in [0.5, 0.6) is 0 Å². The number of ether oxygens (including phenoxy) is 1. The molecule has 0 aromatic rings. The summed E-state index contributed by atoms with van der Waals surface area (Å²) in [4.78, 5) is 12.5. The molecule has 2 nitrogen and oxygen atoms in total. The van der Waals surface area contributed by atoms with Crippen LogP contribution in [0, 0.1) is 17.8 Å². The molecule has 2 heteroatoms. The molecule has 0 unspecified atom stereocenters. The van der Waals surface area contributed by atoms with Gasteiger partial charge in [-0.05, 0) is 63.2 Å². The Hall–Kier alpha value is -0.530. The van der Waals surface area contributed by atoms with Gasteiger partial charge in [0.1, 0.15) is 6.10 Å². The van der Waals surface area contributed by atoms with Gasteiger partial charge in [0.2, 0.25) is 0 Å². The van der Waals surface area contributed by atoms with E-state index in [0.717, 1.165) is 37.5 Å². The van der Waals surface area contributed by atoms with Crippen molar-refractivity contribution in [3.63, 3.8) is 0 Å². The number of carbonyl (C=O) groups excluding carboxylic acids is 1. The maximum Gasteiger partial charge on any atom is 0.309 e. The predicted molar refractivity (Wildman–Crippen MR) is 110 cm³/mol. The summed E-state index contributed by atoms with van der Waals surface area (Å²) in [5.74, 6) is 2.09. The molecule has 2 aliphatic carbocycles. The summed E-state index contributed by atoms with van der Waals surface area (Å²) < 4.78 is 5.91. The van der Waals surface area contributed by atoms with Crippen LogP contribution in [0.15, 0.2) is 0 Å². The van der Waals surface area contributed by atoms with Gasteiger partial charge in [0.05, 0.1) is 5.92 Å². The molecule has 0 spiro atoms. The SMILES string of the molecule is CCCCCCC1CCC(C(=O)OC2CCC(CCCCC)CC2)CC1. The highest BCUT2D eigenvalue weighted by Crippen LogP contribution is 2.35. The average molecular weight is 365 g/mol. The van der Waals surface area contributed by atoms with Gasteiger partial charge in [0.25, 0.3) is 0 Å². The molecule has 152 valence electrons. The van der Waals surface area contributed by atoms with E-state index in [1.54, 1.807) is 0 Å². The van der Waals surface area contributed by atoms with Gasteiger partial charge in [0.15, 0.2) is 0 Å². The summed E-state index contributed by atoms with van der Waals surface area (Å²) in [6, 6.07) is 0. The van der Waals surface area contributed by atoms with Crippen molar-refractivity contribution in [2.24, 2.45) is 17.8 Å². The summed E-state index contributed by atoms with van der Waals surface area (Å²) in [7, 11) is 0. The molecule has 0 aromatic heterocycles. The molecule has 2 rings (SSSR count).